The van der Waals surface area contributed by atoms with E-state index < -0.39 is 17.5 Å². The third-order valence-electron chi connectivity index (χ3n) is 3.87. The Labute approximate surface area is 116 Å². The van der Waals surface area contributed by atoms with E-state index >= 15 is 0 Å². The molecule has 1 saturated heterocycles. The van der Waals surface area contributed by atoms with Crippen molar-refractivity contribution in [3.8, 4) is 0 Å². The minimum atomic E-state index is -0.614. The molecule has 1 atom stereocenters. The summed E-state index contributed by atoms with van der Waals surface area (Å²) in [4.78, 5) is 25.2. The number of hydrogen-bond donors (Lipinski definition) is 0. The van der Waals surface area contributed by atoms with Gasteiger partial charge in [0.15, 0.2) is 0 Å². The maximum atomic E-state index is 13.1. The number of nitrogens with zero attached hydrogens (tertiary/aromatic N) is 1. The molecule has 0 saturated carbocycles. The molecule has 2 aliphatic rings. The summed E-state index contributed by atoms with van der Waals surface area (Å²) in [6.45, 7) is 1.29. The molecule has 2 aliphatic heterocycles. The molecule has 3 rings (SSSR count). The molecule has 5 heteroatoms. The number of anilines is 1. The van der Waals surface area contributed by atoms with Crippen molar-refractivity contribution in [2.45, 2.75) is 31.8 Å². The standard InChI is InChI=1S/C15H16FNO3/c16-10-5-6-13-12(9-10)14(18)15(19)17(13)7-1-3-11-4-2-8-20-11/h5-6,9,11H,1-4,7-8H2. The highest BCUT2D eigenvalue weighted by atomic mass is 19.1. The number of carbonyl (C=O) groups is 2. The maximum absolute atomic E-state index is 13.1. The summed E-state index contributed by atoms with van der Waals surface area (Å²) in [5.74, 6) is -1.67. The van der Waals surface area contributed by atoms with E-state index in [2.05, 4.69) is 0 Å². The van der Waals surface area contributed by atoms with E-state index in [1.54, 1.807) is 0 Å². The van der Waals surface area contributed by atoms with Crippen LogP contribution in [0.15, 0.2) is 18.2 Å². The quantitative estimate of drug-likeness (QED) is 0.793. The number of hydrogen-bond acceptors (Lipinski definition) is 3. The summed E-state index contributed by atoms with van der Waals surface area (Å²) in [5.41, 5.74) is 0.695. The van der Waals surface area contributed by atoms with Crippen molar-refractivity contribution in [1.82, 2.24) is 0 Å². The Morgan fingerprint density at radius 2 is 2.20 bits per heavy atom. The predicted molar refractivity (Wildman–Crippen MR) is 71.3 cm³/mol. The molecule has 0 bridgehead atoms. The van der Waals surface area contributed by atoms with Crippen LogP contribution in [-0.2, 0) is 9.53 Å². The minimum absolute atomic E-state index is 0.173. The zero-order valence-corrected chi connectivity index (χ0v) is 11.1. The monoisotopic (exact) mass is 277 g/mol. The van der Waals surface area contributed by atoms with E-state index in [1.807, 2.05) is 0 Å². The van der Waals surface area contributed by atoms with Gasteiger partial charge in [-0.3, -0.25) is 9.59 Å². The van der Waals surface area contributed by atoms with Gasteiger partial charge in [0, 0.05) is 13.2 Å². The Morgan fingerprint density at radius 1 is 1.35 bits per heavy atom. The Morgan fingerprint density at radius 3 is 2.95 bits per heavy atom. The highest BCUT2D eigenvalue weighted by Crippen LogP contribution is 2.30. The van der Waals surface area contributed by atoms with Crippen molar-refractivity contribution >= 4 is 17.4 Å². The van der Waals surface area contributed by atoms with Crippen LogP contribution in [0.25, 0.3) is 0 Å². The van der Waals surface area contributed by atoms with Crippen LogP contribution in [0, 0.1) is 5.82 Å². The maximum Gasteiger partial charge on any atom is 0.299 e. The van der Waals surface area contributed by atoms with E-state index in [1.165, 1.54) is 17.0 Å². The predicted octanol–water partition coefficient (Wildman–Crippen LogP) is 2.31. The number of carbonyl (C=O) groups excluding carboxylic acids is 2. The summed E-state index contributed by atoms with van der Waals surface area (Å²) in [6.07, 6.45) is 4.09. The van der Waals surface area contributed by atoms with Gasteiger partial charge in [-0.2, -0.15) is 0 Å². The second kappa shape index (κ2) is 5.32. The Hall–Kier alpha value is -1.75. The number of amides is 1. The summed E-state index contributed by atoms with van der Waals surface area (Å²) in [6, 6.07) is 3.91. The highest BCUT2D eigenvalue weighted by Gasteiger charge is 2.35. The first-order valence-electron chi connectivity index (χ1n) is 6.94. The fourth-order valence-electron chi connectivity index (χ4n) is 2.84. The molecule has 20 heavy (non-hydrogen) atoms. The van der Waals surface area contributed by atoms with Gasteiger partial charge in [0.2, 0.25) is 0 Å². The normalized spacial score (nSPS) is 21.6. The Balaban J connectivity index is 1.67. The van der Waals surface area contributed by atoms with Gasteiger partial charge in [0.25, 0.3) is 11.7 Å². The van der Waals surface area contributed by atoms with E-state index in [4.69, 9.17) is 4.74 Å². The van der Waals surface area contributed by atoms with Crippen LogP contribution in [0.4, 0.5) is 10.1 Å². The molecule has 0 aliphatic carbocycles. The van der Waals surface area contributed by atoms with Gasteiger partial charge >= 0.3 is 0 Å². The molecular weight excluding hydrogens is 261 g/mol. The summed E-state index contributed by atoms with van der Waals surface area (Å²) >= 11 is 0. The fourth-order valence-corrected chi connectivity index (χ4v) is 2.84. The van der Waals surface area contributed by atoms with E-state index in [-0.39, 0.29) is 11.7 Å². The summed E-state index contributed by atoms with van der Waals surface area (Å²) in [5, 5.41) is 0. The molecular formula is C15H16FNO3. The number of ketones is 1. The molecule has 2 heterocycles. The average molecular weight is 277 g/mol. The topological polar surface area (TPSA) is 46.6 Å². The molecule has 1 aromatic rings. The largest absolute Gasteiger partial charge is 0.378 e. The second-order valence-electron chi connectivity index (χ2n) is 5.22. The van der Waals surface area contributed by atoms with Crippen LogP contribution in [0.3, 0.4) is 0 Å². The van der Waals surface area contributed by atoms with Gasteiger partial charge in [0.1, 0.15) is 5.82 Å². The zero-order chi connectivity index (χ0) is 14.1. The third-order valence-corrected chi connectivity index (χ3v) is 3.87. The van der Waals surface area contributed by atoms with Crippen LogP contribution in [0.5, 0.6) is 0 Å². The van der Waals surface area contributed by atoms with Crippen LogP contribution < -0.4 is 4.90 Å². The molecule has 0 spiro atoms. The van der Waals surface area contributed by atoms with Gasteiger partial charge in [-0.25, -0.2) is 4.39 Å². The molecule has 0 radical (unpaired) electrons. The SMILES string of the molecule is O=C1C(=O)N(CCCC2CCCO2)c2ccc(F)cc21. The van der Waals surface area contributed by atoms with Crippen molar-refractivity contribution in [1.29, 1.82) is 0 Å². The van der Waals surface area contributed by atoms with Crippen LogP contribution in [0.1, 0.15) is 36.0 Å². The lowest BCUT2D eigenvalue weighted by Gasteiger charge is -2.17. The van der Waals surface area contributed by atoms with Crippen LogP contribution in [0.2, 0.25) is 0 Å². The molecule has 4 nitrogen and oxygen atoms in total. The average Bonchev–Trinajstić information content (AvgIpc) is 3.02. The minimum Gasteiger partial charge on any atom is -0.378 e. The molecule has 1 aromatic carbocycles. The molecule has 106 valence electrons. The van der Waals surface area contributed by atoms with Gasteiger partial charge in [-0.1, -0.05) is 0 Å². The number of benzene rings is 1. The first-order valence-corrected chi connectivity index (χ1v) is 6.94. The highest BCUT2D eigenvalue weighted by molar-refractivity contribution is 6.52. The summed E-state index contributed by atoms with van der Waals surface area (Å²) in [7, 11) is 0. The smallest absolute Gasteiger partial charge is 0.299 e. The van der Waals surface area contributed by atoms with Gasteiger partial charge in [0.05, 0.1) is 17.4 Å². The number of rotatable bonds is 4. The van der Waals surface area contributed by atoms with Crippen molar-refractivity contribution in [2.24, 2.45) is 0 Å². The molecule has 1 unspecified atom stereocenters. The Bertz CT molecular complexity index is 552. The van der Waals surface area contributed by atoms with Crippen LogP contribution >= 0.6 is 0 Å². The number of Topliss-reactive ketones (excluding diaryl/α,β-unsaturated/α-hetero) is 1. The van der Waals surface area contributed by atoms with Crippen molar-refractivity contribution in [3.63, 3.8) is 0 Å². The van der Waals surface area contributed by atoms with E-state index in [0.29, 0.717) is 12.2 Å². The lowest BCUT2D eigenvalue weighted by Crippen LogP contribution is -2.31. The lowest BCUT2D eigenvalue weighted by molar-refractivity contribution is -0.114. The lowest BCUT2D eigenvalue weighted by atomic mass is 10.1. The second-order valence-corrected chi connectivity index (χ2v) is 5.22. The molecule has 1 amide bonds. The molecule has 0 aromatic heterocycles. The van der Waals surface area contributed by atoms with Crippen LogP contribution in [-0.4, -0.2) is 30.9 Å². The van der Waals surface area contributed by atoms with Crippen molar-refractivity contribution in [3.05, 3.63) is 29.6 Å². The first-order chi connectivity index (χ1) is 9.66. The van der Waals surface area contributed by atoms with Crippen molar-refractivity contribution in [2.75, 3.05) is 18.1 Å². The van der Waals surface area contributed by atoms with E-state index in [9.17, 15) is 14.0 Å². The molecule has 1 fully saturated rings. The zero-order valence-electron chi connectivity index (χ0n) is 11.1. The summed E-state index contributed by atoms with van der Waals surface area (Å²) < 4.78 is 18.7. The fraction of sp³-hybridized carbons (Fsp3) is 0.467. The van der Waals surface area contributed by atoms with Gasteiger partial charge in [-0.15, -0.1) is 0 Å². The first kappa shape index (κ1) is 13.2. The Kier molecular flexibility index (Phi) is 3.53. The number of ether oxygens (including phenoxy) is 1. The van der Waals surface area contributed by atoms with Gasteiger partial charge in [-0.05, 0) is 43.9 Å². The number of halogens is 1. The molecule has 0 N–H and O–H groups in total. The van der Waals surface area contributed by atoms with Gasteiger partial charge < -0.3 is 9.64 Å². The third kappa shape index (κ3) is 2.33. The van der Waals surface area contributed by atoms with E-state index in [0.717, 1.165) is 38.4 Å². The number of fused-ring (bicyclic) bond motifs is 1. The van der Waals surface area contributed by atoms with Crippen molar-refractivity contribution < 1.29 is 18.7 Å².